The molecule has 0 amide bonds. The second-order valence-corrected chi connectivity index (χ2v) is 10.5. The van der Waals surface area contributed by atoms with Gasteiger partial charge >= 0.3 is 0 Å². The second kappa shape index (κ2) is 9.36. The van der Waals surface area contributed by atoms with Gasteiger partial charge in [-0.15, -0.1) is 0 Å². The Hall–Kier alpha value is -2.81. The molecule has 1 aliphatic heterocycles. The Balaban J connectivity index is 1.59. The van der Waals surface area contributed by atoms with Crippen molar-refractivity contribution in [2.75, 3.05) is 12.9 Å². The third-order valence-corrected chi connectivity index (χ3v) is 7.37. The molecule has 0 spiro atoms. The number of benzene rings is 3. The van der Waals surface area contributed by atoms with Gasteiger partial charge in [-0.3, -0.25) is 8.39 Å². The molecular formula is C24H23NO5S2. The highest BCUT2D eigenvalue weighted by Gasteiger charge is 2.34. The van der Waals surface area contributed by atoms with E-state index < -0.39 is 33.1 Å². The van der Waals surface area contributed by atoms with Crippen LogP contribution < -0.4 is 0 Å². The maximum absolute atomic E-state index is 12.7. The number of hydrogen-bond acceptors (Lipinski definition) is 6. The van der Waals surface area contributed by atoms with Gasteiger partial charge in [-0.2, -0.15) is 8.42 Å². The summed E-state index contributed by atoms with van der Waals surface area (Å²) in [5.74, 6) is 0.431. The fraction of sp³-hybridized carbons (Fsp3) is 0.208. The van der Waals surface area contributed by atoms with Crippen molar-refractivity contribution in [3.63, 3.8) is 0 Å². The van der Waals surface area contributed by atoms with E-state index >= 15 is 0 Å². The van der Waals surface area contributed by atoms with E-state index in [0.717, 1.165) is 16.7 Å². The van der Waals surface area contributed by atoms with Gasteiger partial charge in [-0.25, -0.2) is 4.99 Å². The average molecular weight is 470 g/mol. The lowest BCUT2D eigenvalue weighted by molar-refractivity contribution is 0.162. The molecular weight excluding hydrogens is 446 g/mol. The van der Waals surface area contributed by atoms with E-state index in [1.165, 1.54) is 12.1 Å². The van der Waals surface area contributed by atoms with Gasteiger partial charge in [0, 0.05) is 27.5 Å². The quantitative estimate of drug-likeness (QED) is 0.488. The zero-order valence-electron chi connectivity index (χ0n) is 17.7. The highest BCUT2D eigenvalue weighted by molar-refractivity contribution is 7.86. The molecule has 8 heteroatoms. The number of nitrogens with zero attached hydrogens (tertiary/aromatic N) is 1. The Bertz CT molecular complexity index is 1240. The summed E-state index contributed by atoms with van der Waals surface area (Å²) >= 11 is 0. The van der Waals surface area contributed by atoms with E-state index in [0.29, 0.717) is 10.8 Å². The van der Waals surface area contributed by atoms with E-state index in [-0.39, 0.29) is 11.5 Å². The molecule has 0 aromatic heterocycles. The summed E-state index contributed by atoms with van der Waals surface area (Å²) in [4.78, 5) is 5.43. The fourth-order valence-corrected chi connectivity index (χ4v) is 4.81. The highest BCUT2D eigenvalue weighted by Crippen LogP contribution is 2.32. The van der Waals surface area contributed by atoms with Gasteiger partial charge in [0.15, 0.2) is 6.10 Å². The summed E-state index contributed by atoms with van der Waals surface area (Å²) in [5, 5.41) is 0. The Kier molecular flexibility index (Phi) is 6.55. The van der Waals surface area contributed by atoms with Crippen LogP contribution in [-0.4, -0.2) is 37.4 Å². The normalized spacial score (nSPS) is 19.2. The van der Waals surface area contributed by atoms with Crippen molar-refractivity contribution in [2.24, 2.45) is 4.99 Å². The Morgan fingerprint density at radius 3 is 2.25 bits per heavy atom. The summed E-state index contributed by atoms with van der Waals surface area (Å²) in [7, 11) is -5.03. The highest BCUT2D eigenvalue weighted by atomic mass is 32.2. The van der Waals surface area contributed by atoms with E-state index in [1.54, 1.807) is 30.5 Å². The average Bonchev–Trinajstić information content (AvgIpc) is 3.23. The minimum atomic E-state index is -3.94. The Morgan fingerprint density at radius 1 is 0.969 bits per heavy atom. The topological polar surface area (TPSA) is 82.0 Å². The lowest BCUT2D eigenvalue weighted by Gasteiger charge is -2.18. The molecule has 3 aromatic rings. The van der Waals surface area contributed by atoms with Gasteiger partial charge in [0.25, 0.3) is 10.1 Å². The molecule has 1 aliphatic rings. The molecule has 3 aromatic carbocycles. The van der Waals surface area contributed by atoms with Crippen LogP contribution in [0.3, 0.4) is 0 Å². The van der Waals surface area contributed by atoms with Crippen molar-refractivity contribution >= 4 is 26.8 Å². The van der Waals surface area contributed by atoms with Crippen molar-refractivity contribution in [1.29, 1.82) is 0 Å². The van der Waals surface area contributed by atoms with E-state index in [2.05, 4.69) is 4.99 Å². The maximum atomic E-state index is 12.7. The predicted octanol–water partition coefficient (Wildman–Crippen LogP) is 4.02. The van der Waals surface area contributed by atoms with Gasteiger partial charge in [0.1, 0.15) is 6.04 Å². The lowest BCUT2D eigenvalue weighted by Crippen LogP contribution is -2.22. The van der Waals surface area contributed by atoms with E-state index in [1.807, 2.05) is 49.4 Å². The molecule has 0 saturated heterocycles. The Labute approximate surface area is 190 Å². The summed E-state index contributed by atoms with van der Waals surface area (Å²) in [6.45, 7) is 1.72. The second-order valence-electron chi connectivity index (χ2n) is 7.48. The molecule has 32 heavy (non-hydrogen) atoms. The summed E-state index contributed by atoms with van der Waals surface area (Å²) < 4.78 is 48.6. The smallest absolute Gasteiger partial charge is 0.297 e. The molecule has 166 valence electrons. The van der Waals surface area contributed by atoms with Crippen molar-refractivity contribution in [3.05, 3.63) is 95.6 Å². The van der Waals surface area contributed by atoms with Gasteiger partial charge in [0.05, 0.1) is 11.5 Å². The van der Waals surface area contributed by atoms with Crippen LogP contribution in [0.2, 0.25) is 0 Å². The summed E-state index contributed by atoms with van der Waals surface area (Å²) in [5.41, 5.74) is 2.56. The molecule has 1 heterocycles. The lowest BCUT2D eigenvalue weighted by atomic mass is 10.0. The van der Waals surface area contributed by atoms with E-state index in [4.69, 9.17) is 8.92 Å². The predicted molar refractivity (Wildman–Crippen MR) is 124 cm³/mol. The Morgan fingerprint density at radius 2 is 1.62 bits per heavy atom. The molecule has 0 radical (unpaired) electrons. The number of aliphatic imine (C=N–C) groups is 1. The molecule has 0 bridgehead atoms. The SMILES string of the molecule is Cc1ccc(S(=O)(=O)OC[C@@H]2N=C(c3ccccc3)O[C@H]2c2ccc([S@@](C)=O)cc2)cc1. The minimum Gasteiger partial charge on any atom is -0.467 e. The van der Waals surface area contributed by atoms with Crippen LogP contribution in [-0.2, 0) is 29.8 Å². The standard InChI is InChI=1S/C24H23NO5S2/c1-17-8-14-21(15-9-17)32(27,28)29-16-22-23(18-10-12-20(13-11-18)31(2)26)30-24(25-22)19-6-4-3-5-7-19/h3-15,22-23H,16H2,1-2H3/t22-,23-,31+/m0/s1. The van der Waals surface area contributed by atoms with E-state index in [9.17, 15) is 12.6 Å². The van der Waals surface area contributed by atoms with Gasteiger partial charge in [-0.1, -0.05) is 48.0 Å². The summed E-state index contributed by atoms with van der Waals surface area (Å²) in [6.07, 6.45) is 1.09. The first-order valence-corrected chi connectivity index (χ1v) is 13.0. The molecule has 0 unspecified atom stereocenters. The molecule has 3 atom stereocenters. The molecule has 6 nitrogen and oxygen atoms in total. The largest absolute Gasteiger partial charge is 0.467 e. The van der Waals surface area contributed by atoms with Crippen molar-refractivity contribution < 1.29 is 21.5 Å². The summed E-state index contributed by atoms with van der Waals surface area (Å²) in [6, 6.07) is 22.6. The van der Waals surface area contributed by atoms with Crippen LogP contribution in [0, 0.1) is 6.92 Å². The van der Waals surface area contributed by atoms with Crippen LogP contribution in [0.15, 0.2) is 93.6 Å². The molecule has 0 aliphatic carbocycles. The number of ether oxygens (including phenoxy) is 1. The number of hydrogen-bond donors (Lipinski definition) is 0. The molecule has 0 fully saturated rings. The van der Waals surface area contributed by atoms with Crippen LogP contribution in [0.25, 0.3) is 0 Å². The van der Waals surface area contributed by atoms with Crippen molar-refractivity contribution in [3.8, 4) is 0 Å². The van der Waals surface area contributed by atoms with Crippen LogP contribution in [0.4, 0.5) is 0 Å². The number of rotatable bonds is 7. The van der Waals surface area contributed by atoms with Gasteiger partial charge in [0.2, 0.25) is 5.90 Å². The van der Waals surface area contributed by atoms with Crippen molar-refractivity contribution in [2.45, 2.75) is 28.9 Å². The first-order chi connectivity index (χ1) is 15.3. The molecule has 0 N–H and O–H groups in total. The third-order valence-electron chi connectivity index (χ3n) is 5.14. The van der Waals surface area contributed by atoms with Gasteiger partial charge < -0.3 is 4.74 Å². The monoisotopic (exact) mass is 469 g/mol. The zero-order valence-corrected chi connectivity index (χ0v) is 19.3. The van der Waals surface area contributed by atoms with Crippen LogP contribution in [0.1, 0.15) is 22.8 Å². The maximum Gasteiger partial charge on any atom is 0.297 e. The number of aryl methyl sites for hydroxylation is 1. The third kappa shape index (κ3) is 4.98. The molecule has 0 saturated carbocycles. The van der Waals surface area contributed by atoms with Gasteiger partial charge in [-0.05, 0) is 48.9 Å². The van der Waals surface area contributed by atoms with Crippen molar-refractivity contribution in [1.82, 2.24) is 0 Å². The first kappa shape index (κ1) is 22.4. The van der Waals surface area contributed by atoms with Crippen LogP contribution in [0.5, 0.6) is 0 Å². The fourth-order valence-electron chi connectivity index (χ4n) is 3.37. The zero-order chi connectivity index (χ0) is 22.7. The first-order valence-electron chi connectivity index (χ1n) is 10.0. The minimum absolute atomic E-state index is 0.0978. The van der Waals surface area contributed by atoms with Crippen LogP contribution >= 0.6 is 0 Å². The molecule has 4 rings (SSSR count).